The molecule has 172 valence electrons. The van der Waals surface area contributed by atoms with Crippen LogP contribution in [0.4, 0.5) is 4.79 Å². The lowest BCUT2D eigenvalue weighted by atomic mass is 9.86. The number of carbonyl (C=O) groups excluding carboxylic acids is 2. The average molecular weight is 461 g/mol. The molecule has 32 heavy (non-hydrogen) atoms. The van der Waals surface area contributed by atoms with Crippen molar-refractivity contribution in [3.63, 3.8) is 0 Å². The van der Waals surface area contributed by atoms with Gasteiger partial charge in [0.15, 0.2) is 0 Å². The van der Waals surface area contributed by atoms with Gasteiger partial charge in [0.2, 0.25) is 0 Å². The first-order valence-corrected chi connectivity index (χ1v) is 11.2. The molecule has 3 heterocycles. The molecule has 0 bridgehead atoms. The Labute approximate surface area is 193 Å². The molecule has 1 unspecified atom stereocenters. The maximum atomic E-state index is 12.9. The third kappa shape index (κ3) is 3.98. The molecule has 4 rings (SSSR count). The summed E-state index contributed by atoms with van der Waals surface area (Å²) in [4.78, 5) is 31.6. The van der Waals surface area contributed by atoms with Crippen molar-refractivity contribution in [3.05, 3.63) is 35.0 Å². The van der Waals surface area contributed by atoms with Gasteiger partial charge in [-0.05, 0) is 46.8 Å². The number of aromatic nitrogens is 1. The van der Waals surface area contributed by atoms with Crippen LogP contribution in [0.5, 0.6) is 5.75 Å². The minimum atomic E-state index is -0.834. The summed E-state index contributed by atoms with van der Waals surface area (Å²) in [7, 11) is 1.31. The van der Waals surface area contributed by atoms with Gasteiger partial charge in [-0.2, -0.15) is 0 Å². The first kappa shape index (κ1) is 22.6. The van der Waals surface area contributed by atoms with Crippen LogP contribution in [0, 0.1) is 13.8 Å². The van der Waals surface area contributed by atoms with Crippen molar-refractivity contribution < 1.29 is 23.8 Å². The van der Waals surface area contributed by atoms with Crippen LogP contribution in [0.2, 0.25) is 0 Å². The number of fused-ring (bicyclic) bond motifs is 3. The minimum absolute atomic E-state index is 0.176. The van der Waals surface area contributed by atoms with E-state index >= 15 is 0 Å². The van der Waals surface area contributed by atoms with E-state index in [0.29, 0.717) is 12.2 Å². The van der Waals surface area contributed by atoms with Gasteiger partial charge in [-0.25, -0.2) is 14.6 Å². The summed E-state index contributed by atoms with van der Waals surface area (Å²) >= 11 is 6.96. The number of ether oxygens (including phenoxy) is 3. The number of nitrogens with zero attached hydrogens (tertiary/aromatic N) is 2. The number of halogens is 1. The van der Waals surface area contributed by atoms with E-state index in [-0.39, 0.29) is 18.3 Å². The predicted octanol–water partition coefficient (Wildman–Crippen LogP) is 4.84. The zero-order valence-electron chi connectivity index (χ0n) is 19.3. The molecule has 0 radical (unpaired) electrons. The van der Waals surface area contributed by atoms with Crippen molar-refractivity contribution in [2.45, 2.75) is 70.1 Å². The number of rotatable bonds is 1. The highest BCUT2D eigenvalue weighted by molar-refractivity contribution is 6.22. The minimum Gasteiger partial charge on any atom is -0.483 e. The van der Waals surface area contributed by atoms with Crippen LogP contribution in [0.25, 0.3) is 10.9 Å². The Morgan fingerprint density at radius 2 is 1.97 bits per heavy atom. The highest BCUT2D eigenvalue weighted by Gasteiger charge is 2.55. The van der Waals surface area contributed by atoms with Gasteiger partial charge in [0.05, 0.1) is 30.2 Å². The molecule has 0 aliphatic carbocycles. The third-order valence-electron chi connectivity index (χ3n) is 5.99. The molecule has 1 saturated heterocycles. The maximum absolute atomic E-state index is 12.9. The fraction of sp³-hybridized carbons (Fsp3) is 0.542. The van der Waals surface area contributed by atoms with E-state index in [4.69, 9.17) is 30.8 Å². The van der Waals surface area contributed by atoms with Gasteiger partial charge in [-0.15, -0.1) is 11.6 Å². The number of carbonyl (C=O) groups is 2. The lowest BCUT2D eigenvalue weighted by Gasteiger charge is -2.38. The van der Waals surface area contributed by atoms with Gasteiger partial charge in [0.1, 0.15) is 23.0 Å². The van der Waals surface area contributed by atoms with Crippen LogP contribution in [0.15, 0.2) is 18.2 Å². The van der Waals surface area contributed by atoms with E-state index in [9.17, 15) is 9.59 Å². The molecular formula is C24H29ClN2O5. The number of hydrogen-bond acceptors (Lipinski definition) is 6. The molecule has 7 nitrogen and oxygen atoms in total. The first-order valence-electron chi connectivity index (χ1n) is 10.7. The quantitative estimate of drug-likeness (QED) is 0.447. The molecule has 1 aromatic carbocycles. The van der Waals surface area contributed by atoms with Gasteiger partial charge < -0.3 is 14.2 Å². The first-order chi connectivity index (χ1) is 14.9. The van der Waals surface area contributed by atoms with Gasteiger partial charge in [-0.3, -0.25) is 4.90 Å². The molecule has 2 aliphatic rings. The number of aryl methyl sites for hydroxylation is 2. The Hall–Kier alpha value is -2.54. The summed E-state index contributed by atoms with van der Waals surface area (Å²) in [5.41, 5.74) is 2.09. The number of esters is 1. The van der Waals surface area contributed by atoms with E-state index in [0.717, 1.165) is 27.7 Å². The summed E-state index contributed by atoms with van der Waals surface area (Å²) < 4.78 is 17.1. The molecular weight excluding hydrogens is 432 g/mol. The third-order valence-corrected chi connectivity index (χ3v) is 6.36. The number of pyridine rings is 1. The maximum Gasteiger partial charge on any atom is 0.411 e. The Bertz CT molecular complexity index is 1100. The van der Waals surface area contributed by atoms with Crippen LogP contribution in [0.3, 0.4) is 0 Å². The second-order valence-corrected chi connectivity index (χ2v) is 10.3. The highest BCUT2D eigenvalue weighted by Crippen LogP contribution is 2.51. The zero-order valence-corrected chi connectivity index (χ0v) is 20.1. The normalized spacial score (nSPS) is 24.9. The SMILES string of the molecule is COC(=O)[C@@H]1C[C@]2(CC(Cl)c3c(c(C)nc4ccc(C)cc34)O2)CN1C(=O)OC(C)(C)C. The van der Waals surface area contributed by atoms with E-state index in [1.54, 1.807) is 20.8 Å². The molecule has 2 aromatic rings. The molecule has 0 N–H and O–H groups in total. The fourth-order valence-corrected chi connectivity index (χ4v) is 5.16. The van der Waals surface area contributed by atoms with Crippen molar-refractivity contribution in [1.29, 1.82) is 0 Å². The average Bonchev–Trinajstić information content (AvgIpc) is 3.05. The Kier molecular flexibility index (Phi) is 5.52. The molecule has 0 saturated carbocycles. The molecule has 1 aromatic heterocycles. The van der Waals surface area contributed by atoms with E-state index in [1.165, 1.54) is 12.0 Å². The molecule has 1 spiro atoms. The summed E-state index contributed by atoms with van der Waals surface area (Å²) in [6.07, 6.45) is 0.141. The monoisotopic (exact) mass is 460 g/mol. The molecule has 8 heteroatoms. The smallest absolute Gasteiger partial charge is 0.411 e. The molecule has 3 atom stereocenters. The number of amides is 1. The van der Waals surface area contributed by atoms with Crippen LogP contribution in [0.1, 0.15) is 55.8 Å². The van der Waals surface area contributed by atoms with Crippen LogP contribution >= 0.6 is 11.6 Å². The second-order valence-electron chi connectivity index (χ2n) is 9.77. The molecule has 1 amide bonds. The number of methoxy groups -OCH3 is 1. The summed E-state index contributed by atoms with van der Waals surface area (Å²) in [6, 6.07) is 5.26. The van der Waals surface area contributed by atoms with Crippen molar-refractivity contribution >= 4 is 34.6 Å². The second kappa shape index (κ2) is 7.80. The Morgan fingerprint density at radius 3 is 2.62 bits per heavy atom. The van der Waals surface area contributed by atoms with Crippen molar-refractivity contribution in [2.24, 2.45) is 0 Å². The van der Waals surface area contributed by atoms with E-state index < -0.39 is 29.3 Å². The largest absolute Gasteiger partial charge is 0.483 e. The predicted molar refractivity (Wildman–Crippen MR) is 121 cm³/mol. The van der Waals surface area contributed by atoms with Gasteiger partial charge >= 0.3 is 12.1 Å². The number of hydrogen-bond donors (Lipinski definition) is 0. The fourth-order valence-electron chi connectivity index (χ4n) is 4.67. The summed E-state index contributed by atoms with van der Waals surface area (Å²) in [5.74, 6) is 0.126. The van der Waals surface area contributed by atoms with Crippen LogP contribution in [-0.4, -0.2) is 52.8 Å². The zero-order chi connectivity index (χ0) is 23.4. The standard InChI is InChI=1S/C24H29ClN2O5/c1-13-7-8-17-15(9-13)19-16(25)10-24(31-20(19)14(2)26-17)11-18(21(28)30-6)27(12-24)22(29)32-23(3,4)5/h7-9,16,18H,10-12H2,1-6H3/t16?,18-,24+/m0/s1. The van der Waals surface area contributed by atoms with Gasteiger partial charge in [0.25, 0.3) is 0 Å². The van der Waals surface area contributed by atoms with E-state index in [2.05, 4.69) is 6.07 Å². The van der Waals surface area contributed by atoms with Crippen molar-refractivity contribution in [1.82, 2.24) is 9.88 Å². The summed E-state index contributed by atoms with van der Waals surface area (Å²) in [5, 5.41) is 0.605. The van der Waals surface area contributed by atoms with Gasteiger partial charge in [-0.1, -0.05) is 11.6 Å². The number of likely N-dealkylation sites (tertiary alicyclic amines) is 1. The molecule has 2 aliphatic heterocycles. The summed E-state index contributed by atoms with van der Waals surface area (Å²) in [6.45, 7) is 9.45. The Balaban J connectivity index is 1.74. The number of benzene rings is 1. The van der Waals surface area contributed by atoms with Gasteiger partial charge in [0, 0.05) is 23.8 Å². The Morgan fingerprint density at radius 1 is 1.25 bits per heavy atom. The van der Waals surface area contributed by atoms with Crippen LogP contribution < -0.4 is 4.74 Å². The lowest BCUT2D eigenvalue weighted by molar-refractivity contribution is -0.145. The lowest BCUT2D eigenvalue weighted by Crippen LogP contribution is -2.46. The van der Waals surface area contributed by atoms with Crippen molar-refractivity contribution in [3.8, 4) is 5.75 Å². The van der Waals surface area contributed by atoms with E-state index in [1.807, 2.05) is 26.0 Å². The van der Waals surface area contributed by atoms with Crippen LogP contribution in [-0.2, 0) is 14.3 Å². The topological polar surface area (TPSA) is 78.0 Å². The van der Waals surface area contributed by atoms with Crippen molar-refractivity contribution in [2.75, 3.05) is 13.7 Å². The highest BCUT2D eigenvalue weighted by atomic mass is 35.5. The number of alkyl halides is 1. The molecule has 1 fully saturated rings.